The number of fused-ring (bicyclic) bond motifs is 1. The lowest BCUT2D eigenvalue weighted by Gasteiger charge is -2.12. The summed E-state index contributed by atoms with van der Waals surface area (Å²) in [5.41, 5.74) is 2.51. The first-order valence-electron chi connectivity index (χ1n) is 9.13. The lowest BCUT2D eigenvalue weighted by Crippen LogP contribution is -2.36. The van der Waals surface area contributed by atoms with Crippen molar-refractivity contribution in [2.24, 2.45) is 5.92 Å². The molecule has 2 heterocycles. The van der Waals surface area contributed by atoms with Gasteiger partial charge in [0.05, 0.1) is 22.9 Å². The van der Waals surface area contributed by atoms with Crippen LogP contribution >= 0.6 is 0 Å². The van der Waals surface area contributed by atoms with Crippen LogP contribution < -0.4 is 10.6 Å². The predicted octanol–water partition coefficient (Wildman–Crippen LogP) is 1.71. The Kier molecular flexibility index (Phi) is 5.55. The number of carbonyl (C=O) groups excluding carboxylic acids is 2. The van der Waals surface area contributed by atoms with E-state index in [0.29, 0.717) is 29.4 Å². The molecule has 150 valence electrons. The quantitative estimate of drug-likeness (QED) is 0.737. The smallest absolute Gasteiger partial charge is 0.314 e. The summed E-state index contributed by atoms with van der Waals surface area (Å²) in [4.78, 5) is 24.5. The molecule has 8 nitrogen and oxygen atoms in total. The van der Waals surface area contributed by atoms with Gasteiger partial charge >= 0.3 is 11.8 Å². The molecule has 0 bridgehead atoms. The summed E-state index contributed by atoms with van der Waals surface area (Å²) in [6.45, 7) is 6.37. The van der Waals surface area contributed by atoms with E-state index in [9.17, 15) is 18.0 Å². The van der Waals surface area contributed by atoms with Gasteiger partial charge in [-0.05, 0) is 37.0 Å². The van der Waals surface area contributed by atoms with Crippen molar-refractivity contribution in [1.82, 2.24) is 15.1 Å². The number of aromatic nitrogens is 2. The van der Waals surface area contributed by atoms with Gasteiger partial charge in [-0.1, -0.05) is 26.0 Å². The number of nitrogens with one attached hydrogen (secondary N) is 2. The molecule has 0 saturated carbocycles. The van der Waals surface area contributed by atoms with Crippen molar-refractivity contribution in [3.8, 4) is 5.69 Å². The Balaban J connectivity index is 1.89. The van der Waals surface area contributed by atoms with Gasteiger partial charge in [0, 0.05) is 12.1 Å². The Hall–Kier alpha value is -2.68. The maximum Gasteiger partial charge on any atom is 0.314 e. The van der Waals surface area contributed by atoms with E-state index in [1.54, 1.807) is 0 Å². The molecule has 0 radical (unpaired) electrons. The third-order valence-corrected chi connectivity index (χ3v) is 5.92. The summed E-state index contributed by atoms with van der Waals surface area (Å²) in [7, 11) is -3.30. The monoisotopic (exact) mass is 404 g/mol. The van der Waals surface area contributed by atoms with Crippen LogP contribution in [0.5, 0.6) is 0 Å². The van der Waals surface area contributed by atoms with E-state index in [1.165, 1.54) is 4.68 Å². The molecule has 0 spiro atoms. The molecule has 1 aromatic carbocycles. The van der Waals surface area contributed by atoms with Crippen LogP contribution in [0.2, 0.25) is 0 Å². The minimum atomic E-state index is -3.30. The SMILES string of the molecule is Cc1cccc(-n2nc3c(c2NC(=O)C(=O)NCCC(C)C)CS(=O)(=O)C3)c1. The maximum atomic E-state index is 12.4. The minimum Gasteiger partial charge on any atom is -0.348 e. The van der Waals surface area contributed by atoms with Gasteiger partial charge in [-0.2, -0.15) is 5.10 Å². The molecular formula is C19H24N4O4S. The van der Waals surface area contributed by atoms with Crippen LogP contribution in [0.1, 0.15) is 37.1 Å². The third-order valence-electron chi connectivity index (χ3n) is 4.48. The van der Waals surface area contributed by atoms with Crippen LogP contribution in [0.25, 0.3) is 5.69 Å². The number of hydrogen-bond acceptors (Lipinski definition) is 5. The highest BCUT2D eigenvalue weighted by Crippen LogP contribution is 2.33. The van der Waals surface area contributed by atoms with E-state index in [4.69, 9.17) is 0 Å². The first-order valence-corrected chi connectivity index (χ1v) is 11.0. The predicted molar refractivity (Wildman–Crippen MR) is 106 cm³/mol. The summed E-state index contributed by atoms with van der Waals surface area (Å²) in [5.74, 6) is -1.36. The van der Waals surface area contributed by atoms with Gasteiger partial charge in [0.15, 0.2) is 9.84 Å². The standard InChI is InChI=1S/C19H24N4O4S/c1-12(2)7-8-20-18(24)19(25)21-17-15-10-28(26,27)11-16(15)22-23(17)14-6-4-5-13(3)9-14/h4-6,9,12H,7-8,10-11H2,1-3H3,(H,20,24)(H,21,25). The number of benzene rings is 1. The Morgan fingerprint density at radius 3 is 2.64 bits per heavy atom. The Morgan fingerprint density at radius 2 is 1.96 bits per heavy atom. The van der Waals surface area contributed by atoms with Crippen LogP contribution in [0.3, 0.4) is 0 Å². The molecule has 0 fully saturated rings. The van der Waals surface area contributed by atoms with Gasteiger partial charge in [-0.15, -0.1) is 0 Å². The first kappa shape index (κ1) is 20.1. The normalized spacial score (nSPS) is 14.7. The fraction of sp³-hybridized carbons (Fsp3) is 0.421. The zero-order valence-electron chi connectivity index (χ0n) is 16.2. The fourth-order valence-corrected chi connectivity index (χ4v) is 4.53. The Morgan fingerprint density at radius 1 is 1.21 bits per heavy atom. The molecule has 2 aromatic rings. The van der Waals surface area contributed by atoms with Crippen LogP contribution in [-0.4, -0.2) is 36.6 Å². The number of sulfone groups is 1. The van der Waals surface area contributed by atoms with E-state index in [2.05, 4.69) is 15.7 Å². The van der Waals surface area contributed by atoms with Gasteiger partial charge < -0.3 is 10.6 Å². The third kappa shape index (κ3) is 4.41. The second kappa shape index (κ2) is 7.75. The van der Waals surface area contributed by atoms with Crippen molar-refractivity contribution < 1.29 is 18.0 Å². The number of rotatable bonds is 5. The molecule has 1 aliphatic heterocycles. The van der Waals surface area contributed by atoms with E-state index >= 15 is 0 Å². The molecular weight excluding hydrogens is 380 g/mol. The summed E-state index contributed by atoms with van der Waals surface area (Å²) in [6.07, 6.45) is 0.758. The highest BCUT2D eigenvalue weighted by atomic mass is 32.2. The number of nitrogens with zero attached hydrogens (tertiary/aromatic N) is 2. The molecule has 0 saturated heterocycles. The van der Waals surface area contributed by atoms with Gasteiger partial charge in [0.2, 0.25) is 0 Å². The number of anilines is 1. The zero-order valence-corrected chi connectivity index (χ0v) is 17.0. The molecule has 0 unspecified atom stereocenters. The fourth-order valence-electron chi connectivity index (χ4n) is 3.04. The van der Waals surface area contributed by atoms with E-state index in [-0.39, 0.29) is 17.3 Å². The van der Waals surface area contributed by atoms with E-state index in [1.807, 2.05) is 45.0 Å². The second-order valence-electron chi connectivity index (χ2n) is 7.45. The average Bonchev–Trinajstić information content (AvgIpc) is 3.07. The lowest BCUT2D eigenvalue weighted by molar-refractivity contribution is -0.136. The zero-order chi connectivity index (χ0) is 20.5. The molecule has 9 heteroatoms. The molecule has 1 aromatic heterocycles. The van der Waals surface area contributed by atoms with Crippen molar-refractivity contribution in [3.05, 3.63) is 41.1 Å². The van der Waals surface area contributed by atoms with Gasteiger partial charge in [0.25, 0.3) is 0 Å². The molecule has 3 rings (SSSR count). The van der Waals surface area contributed by atoms with Crippen molar-refractivity contribution in [2.75, 3.05) is 11.9 Å². The summed E-state index contributed by atoms with van der Waals surface area (Å²) in [6, 6.07) is 7.45. The number of amides is 2. The highest BCUT2D eigenvalue weighted by Gasteiger charge is 2.33. The largest absolute Gasteiger partial charge is 0.348 e. The van der Waals surface area contributed by atoms with E-state index < -0.39 is 21.7 Å². The van der Waals surface area contributed by atoms with E-state index in [0.717, 1.165) is 12.0 Å². The van der Waals surface area contributed by atoms with Crippen LogP contribution in [0, 0.1) is 12.8 Å². The summed E-state index contributed by atoms with van der Waals surface area (Å²) < 4.78 is 25.5. The number of carbonyl (C=O) groups is 2. The van der Waals surface area contributed by atoms with Crippen LogP contribution in [0.15, 0.2) is 24.3 Å². The van der Waals surface area contributed by atoms with Crippen LogP contribution in [-0.2, 0) is 30.9 Å². The lowest BCUT2D eigenvalue weighted by atomic mass is 10.1. The van der Waals surface area contributed by atoms with Crippen molar-refractivity contribution >= 4 is 27.5 Å². The Labute approximate surface area is 164 Å². The van der Waals surface area contributed by atoms with Gasteiger partial charge in [-0.25, -0.2) is 13.1 Å². The van der Waals surface area contributed by atoms with Crippen molar-refractivity contribution in [1.29, 1.82) is 0 Å². The van der Waals surface area contributed by atoms with Crippen LogP contribution in [0.4, 0.5) is 5.82 Å². The molecule has 28 heavy (non-hydrogen) atoms. The van der Waals surface area contributed by atoms with Gasteiger partial charge in [-0.3, -0.25) is 9.59 Å². The second-order valence-corrected chi connectivity index (χ2v) is 9.51. The highest BCUT2D eigenvalue weighted by molar-refractivity contribution is 7.90. The molecule has 0 atom stereocenters. The topological polar surface area (TPSA) is 110 Å². The molecule has 2 N–H and O–H groups in total. The molecule has 2 amide bonds. The molecule has 1 aliphatic rings. The number of aryl methyl sites for hydroxylation is 1. The Bertz CT molecular complexity index is 1020. The maximum absolute atomic E-state index is 12.4. The van der Waals surface area contributed by atoms with Crippen molar-refractivity contribution in [3.63, 3.8) is 0 Å². The van der Waals surface area contributed by atoms with Gasteiger partial charge in [0.1, 0.15) is 5.82 Å². The summed E-state index contributed by atoms with van der Waals surface area (Å²) >= 11 is 0. The summed E-state index contributed by atoms with van der Waals surface area (Å²) in [5, 5.41) is 9.54. The minimum absolute atomic E-state index is 0.176. The molecule has 0 aliphatic carbocycles. The van der Waals surface area contributed by atoms with Crippen molar-refractivity contribution in [2.45, 2.75) is 38.7 Å². The average molecular weight is 404 g/mol. The first-order chi connectivity index (χ1) is 13.2. The number of hydrogen-bond donors (Lipinski definition) is 2.